The highest BCUT2D eigenvalue weighted by atomic mass is 14.7. The maximum Gasteiger partial charge on any atom is 0.0464 e. The first kappa shape index (κ1) is 12.3. The molecule has 1 heteroatoms. The average Bonchev–Trinajstić information content (AvgIpc) is 2.88. The van der Waals surface area contributed by atoms with Crippen LogP contribution in [0, 0.1) is 0 Å². The second-order valence-electron chi connectivity index (χ2n) is 5.34. The fourth-order valence-corrected chi connectivity index (χ4v) is 2.86. The minimum Gasteiger partial charge on any atom is -0.355 e. The van der Waals surface area contributed by atoms with Crippen LogP contribution in [0.4, 0.5) is 0 Å². The van der Waals surface area contributed by atoms with Crippen LogP contribution in [0.5, 0.6) is 0 Å². The third kappa shape index (κ3) is 2.81. The molecule has 19 heavy (non-hydrogen) atoms. The average molecular weight is 251 g/mol. The van der Waals surface area contributed by atoms with Crippen molar-refractivity contribution in [2.45, 2.75) is 38.5 Å². The summed E-state index contributed by atoms with van der Waals surface area (Å²) in [6.45, 7) is 0. The highest BCUT2D eigenvalue weighted by molar-refractivity contribution is 6.06. The molecule has 98 valence electrons. The number of hydrogen-bond donors (Lipinski definition) is 1. The summed E-state index contributed by atoms with van der Waals surface area (Å²) in [6, 6.07) is 16.8. The van der Waals surface area contributed by atoms with Gasteiger partial charge in [0.2, 0.25) is 0 Å². The van der Waals surface area contributed by atoms with Crippen molar-refractivity contribution in [1.29, 1.82) is 0 Å². The van der Waals surface area contributed by atoms with Crippen molar-refractivity contribution in [3.8, 4) is 0 Å². The summed E-state index contributed by atoms with van der Waals surface area (Å²) in [5.41, 5.74) is 2.42. The standard InChI is InChI=1S/C12H9N.C6H12/c1-3-7-11-9(5-1)10-6-2-4-8-12(10)13-11;1-2-4-6-5-3-1/h1-8,13H;1-6H2. The van der Waals surface area contributed by atoms with E-state index in [9.17, 15) is 0 Å². The molecule has 0 atom stereocenters. The van der Waals surface area contributed by atoms with Gasteiger partial charge in [0.1, 0.15) is 0 Å². The van der Waals surface area contributed by atoms with Gasteiger partial charge < -0.3 is 4.98 Å². The monoisotopic (exact) mass is 251 g/mol. The van der Waals surface area contributed by atoms with E-state index >= 15 is 0 Å². The molecule has 1 aliphatic carbocycles. The van der Waals surface area contributed by atoms with Gasteiger partial charge in [0, 0.05) is 21.8 Å². The number of fused-ring (bicyclic) bond motifs is 3. The molecular formula is C18H21N. The van der Waals surface area contributed by atoms with Crippen molar-refractivity contribution in [2.24, 2.45) is 0 Å². The highest BCUT2D eigenvalue weighted by Gasteiger charge is 2.00. The molecule has 1 aromatic heterocycles. The summed E-state index contributed by atoms with van der Waals surface area (Å²) in [5.74, 6) is 0. The Morgan fingerprint density at radius 3 is 1.32 bits per heavy atom. The molecule has 0 bridgehead atoms. The molecule has 4 rings (SSSR count). The molecule has 0 spiro atoms. The van der Waals surface area contributed by atoms with Crippen molar-refractivity contribution in [1.82, 2.24) is 4.98 Å². The second-order valence-corrected chi connectivity index (χ2v) is 5.34. The van der Waals surface area contributed by atoms with Crippen LogP contribution < -0.4 is 0 Å². The first-order chi connectivity index (χ1) is 9.45. The van der Waals surface area contributed by atoms with E-state index in [0.29, 0.717) is 0 Å². The third-order valence-corrected chi connectivity index (χ3v) is 3.91. The predicted molar refractivity (Wildman–Crippen MR) is 83.5 cm³/mol. The molecule has 1 fully saturated rings. The molecule has 1 N–H and O–H groups in total. The molecular weight excluding hydrogens is 230 g/mol. The van der Waals surface area contributed by atoms with Crippen LogP contribution in [0.25, 0.3) is 21.8 Å². The smallest absolute Gasteiger partial charge is 0.0464 e. The molecule has 0 saturated heterocycles. The molecule has 1 heterocycles. The zero-order valence-electron chi connectivity index (χ0n) is 11.4. The van der Waals surface area contributed by atoms with E-state index in [1.54, 1.807) is 0 Å². The van der Waals surface area contributed by atoms with E-state index in [1.807, 2.05) is 0 Å². The van der Waals surface area contributed by atoms with Gasteiger partial charge in [0.05, 0.1) is 0 Å². The van der Waals surface area contributed by atoms with Gasteiger partial charge in [-0.15, -0.1) is 0 Å². The van der Waals surface area contributed by atoms with Crippen molar-refractivity contribution in [3.05, 3.63) is 48.5 Å². The van der Waals surface area contributed by atoms with E-state index in [0.717, 1.165) is 0 Å². The SMILES string of the molecule is C1CCCCC1.c1ccc2c(c1)[nH]c1ccccc12. The highest BCUT2D eigenvalue weighted by Crippen LogP contribution is 2.24. The van der Waals surface area contributed by atoms with Crippen LogP contribution in [0.1, 0.15) is 38.5 Å². The summed E-state index contributed by atoms with van der Waals surface area (Å²) in [6.07, 6.45) is 9.00. The van der Waals surface area contributed by atoms with Crippen LogP contribution in [0.3, 0.4) is 0 Å². The van der Waals surface area contributed by atoms with Crippen LogP contribution in [-0.2, 0) is 0 Å². The van der Waals surface area contributed by atoms with E-state index in [4.69, 9.17) is 0 Å². The summed E-state index contributed by atoms with van der Waals surface area (Å²) in [5, 5.41) is 2.61. The molecule has 2 aromatic carbocycles. The second kappa shape index (κ2) is 5.92. The van der Waals surface area contributed by atoms with Gasteiger partial charge in [-0.1, -0.05) is 74.9 Å². The number of rotatable bonds is 0. The molecule has 3 aromatic rings. The van der Waals surface area contributed by atoms with E-state index < -0.39 is 0 Å². The maximum absolute atomic E-state index is 3.38. The number of aromatic nitrogens is 1. The van der Waals surface area contributed by atoms with Crippen LogP contribution in [-0.4, -0.2) is 4.98 Å². The normalized spacial score (nSPS) is 15.2. The quantitative estimate of drug-likeness (QED) is 0.530. The van der Waals surface area contributed by atoms with Gasteiger partial charge in [-0.3, -0.25) is 0 Å². The third-order valence-electron chi connectivity index (χ3n) is 3.91. The first-order valence-corrected chi connectivity index (χ1v) is 7.40. The molecule has 1 aliphatic rings. The fraction of sp³-hybridized carbons (Fsp3) is 0.333. The van der Waals surface area contributed by atoms with E-state index in [-0.39, 0.29) is 0 Å². The lowest BCUT2D eigenvalue weighted by Gasteiger charge is -2.05. The first-order valence-electron chi connectivity index (χ1n) is 7.40. The summed E-state index contributed by atoms with van der Waals surface area (Å²) in [4.78, 5) is 3.38. The van der Waals surface area contributed by atoms with Gasteiger partial charge in [0.25, 0.3) is 0 Å². The van der Waals surface area contributed by atoms with Gasteiger partial charge in [-0.05, 0) is 12.1 Å². The lowest BCUT2D eigenvalue weighted by atomic mass is 10.0. The maximum atomic E-state index is 3.38. The molecule has 1 nitrogen and oxygen atoms in total. The predicted octanol–water partition coefficient (Wildman–Crippen LogP) is 5.66. The number of nitrogens with one attached hydrogen (secondary N) is 1. The Kier molecular flexibility index (Phi) is 3.83. The minimum atomic E-state index is 1.21. The Balaban J connectivity index is 0.000000155. The summed E-state index contributed by atoms with van der Waals surface area (Å²) in [7, 11) is 0. The Labute approximate surface area is 114 Å². The van der Waals surface area contributed by atoms with Gasteiger partial charge >= 0.3 is 0 Å². The zero-order valence-corrected chi connectivity index (χ0v) is 11.4. The van der Waals surface area contributed by atoms with Crippen molar-refractivity contribution >= 4 is 21.8 Å². The fourth-order valence-electron chi connectivity index (χ4n) is 2.86. The molecule has 0 amide bonds. The summed E-state index contributed by atoms with van der Waals surface area (Å²) < 4.78 is 0. The Bertz CT molecular complexity index is 585. The number of benzene rings is 2. The number of H-pyrrole nitrogens is 1. The van der Waals surface area contributed by atoms with Gasteiger partial charge in [-0.2, -0.15) is 0 Å². The van der Waals surface area contributed by atoms with Crippen LogP contribution >= 0.6 is 0 Å². The topological polar surface area (TPSA) is 15.8 Å². The largest absolute Gasteiger partial charge is 0.355 e. The van der Waals surface area contributed by atoms with Crippen LogP contribution in [0.2, 0.25) is 0 Å². The van der Waals surface area contributed by atoms with Crippen molar-refractivity contribution in [3.63, 3.8) is 0 Å². The lowest BCUT2D eigenvalue weighted by molar-refractivity contribution is 0.504. The Hall–Kier alpha value is -1.76. The van der Waals surface area contributed by atoms with E-state index in [2.05, 4.69) is 53.5 Å². The molecule has 1 saturated carbocycles. The summed E-state index contributed by atoms with van der Waals surface area (Å²) >= 11 is 0. The van der Waals surface area contributed by atoms with Crippen LogP contribution in [0.15, 0.2) is 48.5 Å². The number of aromatic amines is 1. The Morgan fingerprint density at radius 2 is 0.895 bits per heavy atom. The lowest BCUT2D eigenvalue weighted by Crippen LogP contribution is -1.85. The van der Waals surface area contributed by atoms with E-state index in [1.165, 1.54) is 60.3 Å². The molecule has 0 unspecified atom stereocenters. The van der Waals surface area contributed by atoms with Crippen molar-refractivity contribution < 1.29 is 0 Å². The van der Waals surface area contributed by atoms with Gasteiger partial charge in [-0.25, -0.2) is 0 Å². The zero-order chi connectivity index (χ0) is 12.9. The van der Waals surface area contributed by atoms with Gasteiger partial charge in [0.15, 0.2) is 0 Å². The van der Waals surface area contributed by atoms with Crippen molar-refractivity contribution in [2.75, 3.05) is 0 Å². The number of para-hydroxylation sites is 2. The molecule has 0 aliphatic heterocycles. The number of hydrogen-bond acceptors (Lipinski definition) is 0. The minimum absolute atomic E-state index is 1.21. The molecule has 0 radical (unpaired) electrons. The Morgan fingerprint density at radius 1 is 0.526 bits per heavy atom.